The van der Waals surface area contributed by atoms with Crippen LogP contribution in [-0.2, 0) is 44.6 Å². The quantitative estimate of drug-likeness (QED) is 0.872. The number of benzene rings is 2. The topological polar surface area (TPSA) is 51.2 Å². The van der Waals surface area contributed by atoms with Crippen LogP contribution in [0.5, 0.6) is 0 Å². The van der Waals surface area contributed by atoms with E-state index in [0.29, 0.717) is 0 Å². The molecular formula is C17H14CrO3. The van der Waals surface area contributed by atoms with Crippen LogP contribution in [0.1, 0.15) is 11.1 Å². The Morgan fingerprint density at radius 1 is 0.524 bits per heavy atom. The average Bonchev–Trinajstić information content (AvgIpc) is 2.60. The van der Waals surface area contributed by atoms with E-state index in [1.165, 1.54) is 11.1 Å². The van der Waals surface area contributed by atoms with Crippen LogP contribution in [0.25, 0.3) is 0 Å². The summed E-state index contributed by atoms with van der Waals surface area (Å²) in [5.74, 6) is 0. The Morgan fingerprint density at radius 2 is 0.762 bits per heavy atom. The normalized spacial score (nSPS) is 7.24. The summed E-state index contributed by atoms with van der Waals surface area (Å²) in [6.45, 7) is 13.5. The fourth-order valence-corrected chi connectivity index (χ4v) is 1.58. The third-order valence-corrected chi connectivity index (χ3v) is 2.39. The Labute approximate surface area is 137 Å². The Balaban J connectivity index is -0.000000414. The van der Waals surface area contributed by atoms with E-state index in [2.05, 4.69) is 81.0 Å². The van der Waals surface area contributed by atoms with Crippen molar-refractivity contribution in [2.24, 2.45) is 0 Å². The molecule has 4 heteroatoms. The van der Waals surface area contributed by atoms with Crippen molar-refractivity contribution in [3.63, 3.8) is 0 Å². The maximum absolute atomic E-state index is 7.50. The maximum atomic E-state index is 7.50. The van der Waals surface area contributed by atoms with E-state index in [-0.39, 0.29) is 17.4 Å². The molecule has 0 amide bonds. The maximum Gasteiger partial charge on any atom is 0.281 e. The summed E-state index contributed by atoms with van der Waals surface area (Å²) in [4.78, 5) is 22.5. The third kappa shape index (κ3) is 12.7. The minimum atomic E-state index is 0. The summed E-state index contributed by atoms with van der Waals surface area (Å²) < 4.78 is 0. The number of rotatable bonds is 3. The zero-order chi connectivity index (χ0) is 15.6. The predicted octanol–water partition coefficient (Wildman–Crippen LogP) is 2.28. The van der Waals surface area contributed by atoms with Gasteiger partial charge in [0.15, 0.2) is 0 Å². The molecule has 0 aromatic heterocycles. The SMILES string of the molecule is [C]=O.[C]=O.[C]=O.[Cr].c1ccc(CCc2ccccc2)cc1. The fourth-order valence-electron chi connectivity index (χ4n) is 1.58. The van der Waals surface area contributed by atoms with Gasteiger partial charge in [-0.3, -0.25) is 14.4 Å². The van der Waals surface area contributed by atoms with Crippen molar-refractivity contribution in [3.05, 3.63) is 71.8 Å². The molecule has 21 heavy (non-hydrogen) atoms. The zero-order valence-corrected chi connectivity index (χ0v) is 12.6. The first-order valence-corrected chi connectivity index (χ1v) is 5.64. The van der Waals surface area contributed by atoms with Crippen molar-refractivity contribution in [2.75, 3.05) is 0 Å². The van der Waals surface area contributed by atoms with Gasteiger partial charge >= 0.3 is 0 Å². The van der Waals surface area contributed by atoms with E-state index >= 15 is 0 Å². The smallest absolute Gasteiger partial charge is 0.281 e. The first-order valence-electron chi connectivity index (χ1n) is 5.64. The molecule has 6 radical (unpaired) electrons. The van der Waals surface area contributed by atoms with Crippen LogP contribution in [0, 0.1) is 0 Å². The van der Waals surface area contributed by atoms with Gasteiger partial charge in [0.1, 0.15) is 0 Å². The number of hydrogen-bond donors (Lipinski definition) is 0. The summed E-state index contributed by atoms with van der Waals surface area (Å²) in [5, 5.41) is 0. The number of carbonyl (C=O) groups excluding carboxylic acids is 3. The Hall–Kier alpha value is -2.02. The number of hydrogen-bond acceptors (Lipinski definition) is 3. The second kappa shape index (κ2) is 20.3. The second-order valence-electron chi connectivity index (χ2n) is 3.47. The van der Waals surface area contributed by atoms with Crippen LogP contribution in [0.4, 0.5) is 0 Å². The predicted molar refractivity (Wildman–Crippen MR) is 77.4 cm³/mol. The molecule has 0 N–H and O–H groups in total. The molecule has 0 fully saturated rings. The monoisotopic (exact) mass is 318 g/mol. The standard InChI is InChI=1S/C14H14.3CO.Cr/c1-3-7-13(8-4-1)11-12-14-9-5-2-6-10-14;3*1-2;/h1-10H,11-12H2;;;;. The summed E-state index contributed by atoms with van der Waals surface area (Å²) >= 11 is 0. The van der Waals surface area contributed by atoms with E-state index in [4.69, 9.17) is 14.4 Å². The molecule has 2 aromatic carbocycles. The van der Waals surface area contributed by atoms with E-state index in [9.17, 15) is 0 Å². The minimum absolute atomic E-state index is 0. The van der Waals surface area contributed by atoms with Crippen molar-refractivity contribution < 1.29 is 31.7 Å². The van der Waals surface area contributed by atoms with Gasteiger partial charge < -0.3 is 0 Å². The van der Waals surface area contributed by atoms with Gasteiger partial charge in [-0.05, 0) is 24.0 Å². The van der Waals surface area contributed by atoms with E-state index in [1.807, 2.05) is 0 Å². The number of aryl methyl sites for hydroxylation is 2. The molecule has 0 heterocycles. The van der Waals surface area contributed by atoms with Gasteiger partial charge in [0.25, 0.3) is 20.4 Å². The van der Waals surface area contributed by atoms with Crippen LogP contribution in [0.3, 0.4) is 0 Å². The molecule has 0 saturated carbocycles. The van der Waals surface area contributed by atoms with Crippen LogP contribution >= 0.6 is 0 Å². The third-order valence-electron chi connectivity index (χ3n) is 2.39. The van der Waals surface area contributed by atoms with Crippen molar-refractivity contribution >= 4 is 20.4 Å². The van der Waals surface area contributed by atoms with Crippen molar-refractivity contribution in [3.8, 4) is 0 Å². The van der Waals surface area contributed by atoms with Gasteiger partial charge in [0.2, 0.25) is 0 Å². The first kappa shape index (κ1) is 24.0. The Bertz CT molecular complexity index is 376. The summed E-state index contributed by atoms with van der Waals surface area (Å²) in [6.07, 6.45) is 2.26. The molecule has 2 rings (SSSR count). The van der Waals surface area contributed by atoms with E-state index in [0.717, 1.165) is 12.8 Å². The average molecular weight is 318 g/mol. The largest absolute Gasteiger partial charge is 0.281 e. The van der Waals surface area contributed by atoms with E-state index in [1.54, 1.807) is 0 Å². The molecule has 3 nitrogen and oxygen atoms in total. The van der Waals surface area contributed by atoms with Gasteiger partial charge in [-0.2, -0.15) is 0 Å². The van der Waals surface area contributed by atoms with Crippen molar-refractivity contribution in [1.29, 1.82) is 0 Å². The van der Waals surface area contributed by atoms with Crippen molar-refractivity contribution in [2.45, 2.75) is 12.8 Å². The van der Waals surface area contributed by atoms with Crippen LogP contribution < -0.4 is 0 Å². The minimum Gasteiger partial charge on any atom is -0.281 e. The molecule has 0 aliphatic rings. The molecule has 0 spiro atoms. The second-order valence-corrected chi connectivity index (χ2v) is 3.47. The van der Waals surface area contributed by atoms with Gasteiger partial charge in [-0.15, -0.1) is 0 Å². The Morgan fingerprint density at radius 3 is 1.00 bits per heavy atom. The zero-order valence-electron chi connectivity index (χ0n) is 11.3. The van der Waals surface area contributed by atoms with Crippen LogP contribution in [-0.4, -0.2) is 20.4 Å². The molecule has 2 aromatic rings. The summed E-state index contributed by atoms with van der Waals surface area (Å²) in [5.41, 5.74) is 2.83. The summed E-state index contributed by atoms with van der Waals surface area (Å²) in [7, 11) is 0. The molecular weight excluding hydrogens is 304 g/mol. The molecule has 0 aliphatic carbocycles. The Kier molecular flexibility index (Phi) is 23.2. The fraction of sp³-hybridized carbons (Fsp3) is 0.118. The first-order chi connectivity index (χ1) is 9.95. The van der Waals surface area contributed by atoms with E-state index < -0.39 is 0 Å². The molecule has 106 valence electrons. The molecule has 0 atom stereocenters. The van der Waals surface area contributed by atoms with Gasteiger partial charge in [-0.25, -0.2) is 0 Å². The molecule has 0 aliphatic heterocycles. The van der Waals surface area contributed by atoms with Crippen molar-refractivity contribution in [1.82, 2.24) is 0 Å². The van der Waals surface area contributed by atoms with Gasteiger partial charge in [0.05, 0.1) is 0 Å². The van der Waals surface area contributed by atoms with Crippen LogP contribution in [0.15, 0.2) is 60.7 Å². The molecule has 0 bridgehead atoms. The van der Waals surface area contributed by atoms with Crippen LogP contribution in [0.2, 0.25) is 0 Å². The molecule has 0 saturated heterocycles. The van der Waals surface area contributed by atoms with Gasteiger partial charge in [-0.1, -0.05) is 60.7 Å². The van der Waals surface area contributed by atoms with Gasteiger partial charge in [0, 0.05) is 17.4 Å². The molecule has 0 unspecified atom stereocenters. The summed E-state index contributed by atoms with van der Waals surface area (Å²) in [6, 6.07) is 21.2.